The van der Waals surface area contributed by atoms with Crippen LogP contribution in [0.5, 0.6) is 0 Å². The summed E-state index contributed by atoms with van der Waals surface area (Å²) in [6, 6.07) is 127. The van der Waals surface area contributed by atoms with Gasteiger partial charge in [-0.15, -0.1) is 0 Å². The number of para-hydroxylation sites is 2. The molecule has 16 aromatic carbocycles. The van der Waals surface area contributed by atoms with Crippen LogP contribution < -0.4 is 9.80 Å². The number of anilines is 6. The van der Waals surface area contributed by atoms with Crippen molar-refractivity contribution in [1.29, 1.82) is 0 Å². The number of aryl methyl sites for hydroxylation is 1. The highest BCUT2D eigenvalue weighted by Crippen LogP contribution is 2.42. The third-order valence-corrected chi connectivity index (χ3v) is 18.5. The Hall–Kier alpha value is -12.4. The van der Waals surface area contributed by atoms with Crippen LogP contribution in [0.1, 0.15) is 5.56 Å². The molecule has 0 atom stereocenters. The summed E-state index contributed by atoms with van der Waals surface area (Å²) in [5, 5.41) is 9.30. The first-order chi connectivity index (χ1) is 48.4. The molecule has 2 heterocycles. The van der Waals surface area contributed by atoms with Crippen LogP contribution in [0.15, 0.2) is 377 Å². The number of halogens is 1. The van der Waals surface area contributed by atoms with Gasteiger partial charge in [0.25, 0.3) is 0 Å². The van der Waals surface area contributed by atoms with Crippen LogP contribution in [-0.2, 0) is 0 Å². The summed E-state index contributed by atoms with van der Waals surface area (Å²) in [5.41, 5.74) is 20.6. The lowest BCUT2D eigenvalue weighted by Gasteiger charge is -2.26. The zero-order valence-electron chi connectivity index (χ0n) is 53.6. The van der Waals surface area contributed by atoms with E-state index in [0.29, 0.717) is 11.8 Å². The largest absolute Gasteiger partial charge is 0.435 e. The van der Waals surface area contributed by atoms with Crippen LogP contribution in [0.25, 0.3) is 122 Å². The smallest absolute Gasteiger partial charge is 0.227 e. The number of benzene rings is 16. The third-order valence-electron chi connectivity index (χ3n) is 17.9. The lowest BCUT2D eigenvalue weighted by Crippen LogP contribution is -2.09. The van der Waals surface area contributed by atoms with Crippen molar-refractivity contribution in [3.8, 4) is 56.3 Å². The van der Waals surface area contributed by atoms with Crippen molar-refractivity contribution in [1.82, 2.24) is 9.97 Å². The molecule has 0 aliphatic carbocycles. The monoisotopic (exact) mass is 1320 g/mol. The van der Waals surface area contributed by atoms with Gasteiger partial charge in [-0.2, -0.15) is 0 Å². The molecule has 0 N–H and O–H groups in total. The van der Waals surface area contributed by atoms with Gasteiger partial charge in [-0.25, -0.2) is 9.97 Å². The van der Waals surface area contributed by atoms with E-state index >= 15 is 0 Å². The van der Waals surface area contributed by atoms with Gasteiger partial charge in [-0.1, -0.05) is 258 Å². The molecule has 0 amide bonds. The Labute approximate surface area is 577 Å². The van der Waals surface area contributed by atoms with E-state index in [0.717, 1.165) is 105 Å². The lowest BCUT2D eigenvalue weighted by molar-refractivity contribution is 0.623. The quantitative estimate of drug-likeness (QED) is 0.120. The first-order valence-corrected chi connectivity index (χ1v) is 33.7. The molecule has 0 aliphatic rings. The second-order valence-electron chi connectivity index (χ2n) is 24.3. The highest BCUT2D eigenvalue weighted by molar-refractivity contribution is 9.10. The highest BCUT2D eigenvalue weighted by atomic mass is 79.9. The average Bonchev–Trinajstić information content (AvgIpc) is 1.46. The van der Waals surface area contributed by atoms with Crippen molar-refractivity contribution >= 4 is 115 Å². The number of oxazole rings is 2. The number of nitrogens with zero attached hydrogens (tertiary/aromatic N) is 4. The minimum absolute atomic E-state index is 0.638. The van der Waals surface area contributed by atoms with E-state index in [9.17, 15) is 0 Å². The van der Waals surface area contributed by atoms with E-state index < -0.39 is 0 Å². The SMILES string of the molecule is Brc1ccc(N(c2ccccc2)c2ccc(-c3ccccc3)cc2)cc1.Cc1ccc2ccc3ccc4nc(-c5ccccc5)oc4c3c2c1.c1ccc(-c2ccc(N(c3ccccc3)c3ccc(-c4ccc5ccc6ccc7nc(-c8ccccc8)oc7c6c5c4)cc3)cc2)cc1. The fourth-order valence-corrected chi connectivity index (χ4v) is 13.3. The molecule has 0 radical (unpaired) electrons. The van der Waals surface area contributed by atoms with E-state index in [1.807, 2.05) is 78.9 Å². The van der Waals surface area contributed by atoms with E-state index in [1.54, 1.807) is 0 Å². The van der Waals surface area contributed by atoms with Gasteiger partial charge in [0, 0.05) is 60.5 Å². The van der Waals surface area contributed by atoms with Gasteiger partial charge in [-0.05, 0) is 200 Å². The average molecular weight is 1320 g/mol. The molecule has 98 heavy (non-hydrogen) atoms. The van der Waals surface area contributed by atoms with E-state index in [2.05, 4.69) is 318 Å². The Bertz CT molecular complexity index is 5780. The predicted molar refractivity (Wildman–Crippen MR) is 413 cm³/mol. The van der Waals surface area contributed by atoms with E-state index in [-0.39, 0.29) is 0 Å². The van der Waals surface area contributed by atoms with Crippen molar-refractivity contribution in [2.75, 3.05) is 9.80 Å². The second-order valence-corrected chi connectivity index (χ2v) is 25.2. The molecule has 466 valence electrons. The normalized spacial score (nSPS) is 11.2. The zero-order chi connectivity index (χ0) is 65.7. The summed E-state index contributed by atoms with van der Waals surface area (Å²) in [7, 11) is 0. The summed E-state index contributed by atoms with van der Waals surface area (Å²) < 4.78 is 13.7. The van der Waals surface area contributed by atoms with Gasteiger partial charge < -0.3 is 18.6 Å². The summed E-state index contributed by atoms with van der Waals surface area (Å²) >= 11 is 3.52. The third kappa shape index (κ3) is 12.5. The lowest BCUT2D eigenvalue weighted by atomic mass is 9.96. The summed E-state index contributed by atoms with van der Waals surface area (Å²) in [4.78, 5) is 14.1. The van der Waals surface area contributed by atoms with Gasteiger partial charge in [-0.3, -0.25) is 0 Å². The molecule has 0 spiro atoms. The molecule has 18 aromatic rings. The van der Waals surface area contributed by atoms with Crippen LogP contribution in [0.3, 0.4) is 0 Å². The number of fused-ring (bicyclic) bond motifs is 10. The van der Waals surface area contributed by atoms with Gasteiger partial charge in [0.2, 0.25) is 11.8 Å². The molecular formula is C91H63BrN4O2. The van der Waals surface area contributed by atoms with Crippen molar-refractivity contribution in [3.05, 3.63) is 374 Å². The van der Waals surface area contributed by atoms with Crippen molar-refractivity contribution in [3.63, 3.8) is 0 Å². The molecule has 2 aromatic heterocycles. The zero-order valence-corrected chi connectivity index (χ0v) is 55.2. The van der Waals surface area contributed by atoms with Crippen LogP contribution in [-0.4, -0.2) is 9.97 Å². The number of rotatable bonds is 11. The minimum atomic E-state index is 0.638. The topological polar surface area (TPSA) is 58.5 Å². The molecule has 0 saturated carbocycles. The first-order valence-electron chi connectivity index (χ1n) is 32.9. The minimum Gasteiger partial charge on any atom is -0.435 e. The van der Waals surface area contributed by atoms with E-state index in [1.165, 1.54) is 49.4 Å². The van der Waals surface area contributed by atoms with Gasteiger partial charge in [0.15, 0.2) is 11.2 Å². The van der Waals surface area contributed by atoms with Crippen molar-refractivity contribution < 1.29 is 8.83 Å². The Morgan fingerprint density at radius 1 is 0.255 bits per heavy atom. The fourth-order valence-electron chi connectivity index (χ4n) is 13.1. The van der Waals surface area contributed by atoms with Crippen LogP contribution in [0.4, 0.5) is 34.1 Å². The molecule has 0 unspecified atom stereocenters. The maximum absolute atomic E-state index is 6.46. The number of aromatic nitrogens is 2. The summed E-state index contributed by atoms with van der Waals surface area (Å²) in [6.07, 6.45) is 0. The molecular weight excluding hydrogens is 1260 g/mol. The standard InChI is InChI=1S/C45H30N2O.C24H18BrN.C22H15NO/c1-4-10-31(11-5-1)32-20-25-39(26-21-32)47(38-14-8-3-9-15-38)40-27-22-33(23-28-40)37-19-17-34-16-18-35-24-29-42-44(43(35)41(34)30-37)48-45(46-42)36-12-6-2-7-13-36;25-21-13-17-24(18-14-21)26(22-9-5-2-6-10-22)23-15-11-20(12-16-23)19-7-3-1-4-8-19;1-14-7-8-15-9-10-16-11-12-19-21(20(16)18(15)13-14)24-22(23-19)17-5-3-2-4-6-17/h1-30H;1-18H;2-13H,1H3. The molecule has 18 rings (SSSR count). The molecule has 7 heteroatoms. The van der Waals surface area contributed by atoms with Gasteiger partial charge >= 0.3 is 0 Å². The Morgan fingerprint density at radius 2 is 0.541 bits per heavy atom. The van der Waals surface area contributed by atoms with Crippen LogP contribution >= 0.6 is 15.9 Å². The second kappa shape index (κ2) is 27.1. The van der Waals surface area contributed by atoms with Gasteiger partial charge in [0.05, 0.1) is 0 Å². The summed E-state index contributed by atoms with van der Waals surface area (Å²) in [6.45, 7) is 2.12. The van der Waals surface area contributed by atoms with E-state index in [4.69, 9.17) is 18.8 Å². The highest BCUT2D eigenvalue weighted by Gasteiger charge is 2.19. The molecule has 0 fully saturated rings. The fraction of sp³-hybridized carbons (Fsp3) is 0.0110. The Morgan fingerprint density at radius 3 is 0.949 bits per heavy atom. The number of hydrogen-bond donors (Lipinski definition) is 0. The molecule has 0 aliphatic heterocycles. The molecule has 6 nitrogen and oxygen atoms in total. The van der Waals surface area contributed by atoms with Crippen LogP contribution in [0.2, 0.25) is 0 Å². The molecule has 0 saturated heterocycles. The van der Waals surface area contributed by atoms with Crippen molar-refractivity contribution in [2.24, 2.45) is 0 Å². The van der Waals surface area contributed by atoms with Crippen LogP contribution in [0, 0.1) is 6.92 Å². The molecule has 0 bridgehead atoms. The number of hydrogen-bond acceptors (Lipinski definition) is 6. The maximum Gasteiger partial charge on any atom is 0.227 e. The van der Waals surface area contributed by atoms with Gasteiger partial charge in [0.1, 0.15) is 11.0 Å². The maximum atomic E-state index is 6.46. The Kier molecular flexibility index (Phi) is 16.8. The summed E-state index contributed by atoms with van der Waals surface area (Å²) in [5.74, 6) is 1.31. The predicted octanol–water partition coefficient (Wildman–Crippen LogP) is 26.3. The first kappa shape index (κ1) is 60.5. The van der Waals surface area contributed by atoms with Crippen molar-refractivity contribution in [2.45, 2.75) is 6.92 Å². The Balaban J connectivity index is 0.000000126.